The Labute approximate surface area is 160 Å². The van der Waals surface area contributed by atoms with Gasteiger partial charge in [0.2, 0.25) is 10.0 Å². The van der Waals surface area contributed by atoms with Crippen LogP contribution in [0.1, 0.15) is 29.3 Å². The highest BCUT2D eigenvalue weighted by Crippen LogP contribution is 2.21. The fourth-order valence-corrected chi connectivity index (χ4v) is 4.59. The van der Waals surface area contributed by atoms with Crippen molar-refractivity contribution in [1.82, 2.24) is 10.0 Å². The molecule has 1 fully saturated rings. The van der Waals surface area contributed by atoms with Gasteiger partial charge < -0.3 is 5.32 Å². The van der Waals surface area contributed by atoms with E-state index in [1.54, 1.807) is 42.5 Å². The summed E-state index contributed by atoms with van der Waals surface area (Å²) in [4.78, 5) is 12.8. The standard InChI is InChI=1S/C19H22N2O3S.ClH/c1-14-11-12-20-13-17(14)21-25(23,24)18-10-6-5-9-16(18)19(22)15-7-3-2-4-8-15;/h2-10,14,17,20-21H,11-13H2,1H3;1H. The first-order valence-electron chi connectivity index (χ1n) is 8.41. The van der Waals surface area contributed by atoms with Crippen LogP contribution < -0.4 is 10.0 Å². The summed E-state index contributed by atoms with van der Waals surface area (Å²) in [6.07, 6.45) is 0.914. The molecule has 1 heterocycles. The van der Waals surface area contributed by atoms with Crippen molar-refractivity contribution in [2.24, 2.45) is 5.92 Å². The maximum atomic E-state index is 12.9. The SMILES string of the molecule is CC1CCNCC1NS(=O)(=O)c1ccccc1C(=O)c1ccccc1.Cl. The second-order valence-electron chi connectivity index (χ2n) is 6.39. The predicted octanol–water partition coefficient (Wildman–Crippen LogP) is 2.62. The number of sulfonamides is 1. The van der Waals surface area contributed by atoms with E-state index in [4.69, 9.17) is 0 Å². The second kappa shape index (κ2) is 8.77. The van der Waals surface area contributed by atoms with E-state index < -0.39 is 10.0 Å². The highest BCUT2D eigenvalue weighted by atomic mass is 35.5. The van der Waals surface area contributed by atoms with Gasteiger partial charge >= 0.3 is 0 Å². The Morgan fingerprint density at radius 2 is 1.73 bits per heavy atom. The summed E-state index contributed by atoms with van der Waals surface area (Å²) in [6.45, 7) is 3.52. The minimum Gasteiger partial charge on any atom is -0.315 e. The van der Waals surface area contributed by atoms with Crippen LogP contribution in [0.5, 0.6) is 0 Å². The first-order valence-corrected chi connectivity index (χ1v) is 9.89. The maximum Gasteiger partial charge on any atom is 0.241 e. The van der Waals surface area contributed by atoms with Gasteiger partial charge in [0.15, 0.2) is 5.78 Å². The lowest BCUT2D eigenvalue weighted by Crippen LogP contribution is -2.50. The first-order chi connectivity index (χ1) is 12.0. The van der Waals surface area contributed by atoms with Crippen molar-refractivity contribution >= 4 is 28.2 Å². The van der Waals surface area contributed by atoms with Crippen LogP contribution in [-0.2, 0) is 10.0 Å². The molecule has 0 saturated carbocycles. The lowest BCUT2D eigenvalue weighted by atomic mass is 9.96. The van der Waals surface area contributed by atoms with E-state index in [0.29, 0.717) is 12.1 Å². The number of carbonyl (C=O) groups is 1. The number of benzene rings is 2. The predicted molar refractivity (Wildman–Crippen MR) is 104 cm³/mol. The molecular formula is C19H23ClN2O3S. The summed E-state index contributed by atoms with van der Waals surface area (Å²) in [7, 11) is -3.79. The Hall–Kier alpha value is -1.73. The number of carbonyl (C=O) groups excluding carboxylic acids is 1. The van der Waals surface area contributed by atoms with Crippen LogP contribution in [0.15, 0.2) is 59.5 Å². The van der Waals surface area contributed by atoms with Gasteiger partial charge in [-0.2, -0.15) is 0 Å². The third kappa shape index (κ3) is 4.51. The summed E-state index contributed by atoms with van der Waals surface area (Å²) < 4.78 is 28.6. The normalized spacial score (nSPS) is 20.2. The molecule has 0 bridgehead atoms. The maximum absolute atomic E-state index is 12.9. The third-order valence-electron chi connectivity index (χ3n) is 4.59. The van der Waals surface area contributed by atoms with E-state index in [-0.39, 0.29) is 40.6 Å². The Kier molecular flexibility index (Phi) is 6.94. The number of hydrogen-bond donors (Lipinski definition) is 2. The first kappa shape index (κ1) is 20.6. The molecule has 0 spiro atoms. The molecule has 1 saturated heterocycles. The van der Waals surface area contributed by atoms with Gasteiger partial charge in [-0.15, -0.1) is 12.4 Å². The minimum absolute atomic E-state index is 0. The topological polar surface area (TPSA) is 75.3 Å². The Morgan fingerprint density at radius 3 is 2.42 bits per heavy atom. The summed E-state index contributed by atoms with van der Waals surface area (Å²) in [5, 5.41) is 3.21. The van der Waals surface area contributed by atoms with Crippen LogP contribution in [0.2, 0.25) is 0 Å². The summed E-state index contributed by atoms with van der Waals surface area (Å²) in [5.41, 5.74) is 0.662. The van der Waals surface area contributed by atoms with Crippen molar-refractivity contribution < 1.29 is 13.2 Å². The van der Waals surface area contributed by atoms with Crippen molar-refractivity contribution in [2.45, 2.75) is 24.3 Å². The molecule has 0 amide bonds. The average molecular weight is 395 g/mol. The Bertz CT molecular complexity index is 856. The number of rotatable bonds is 5. The van der Waals surface area contributed by atoms with Crippen LogP contribution in [0, 0.1) is 5.92 Å². The molecule has 140 valence electrons. The van der Waals surface area contributed by atoms with Gasteiger partial charge in [-0.05, 0) is 31.0 Å². The number of nitrogens with one attached hydrogen (secondary N) is 2. The van der Waals surface area contributed by atoms with Gasteiger partial charge in [0.25, 0.3) is 0 Å². The number of piperidine rings is 1. The molecular weight excluding hydrogens is 372 g/mol. The molecule has 2 N–H and O–H groups in total. The van der Waals surface area contributed by atoms with Crippen molar-refractivity contribution in [2.75, 3.05) is 13.1 Å². The molecule has 0 aliphatic carbocycles. The van der Waals surface area contributed by atoms with Gasteiger partial charge in [0, 0.05) is 23.7 Å². The summed E-state index contributed by atoms with van der Waals surface area (Å²) in [6, 6.07) is 14.9. The number of hydrogen-bond acceptors (Lipinski definition) is 4. The summed E-state index contributed by atoms with van der Waals surface area (Å²) >= 11 is 0. The molecule has 5 nitrogen and oxygen atoms in total. The van der Waals surface area contributed by atoms with E-state index in [0.717, 1.165) is 13.0 Å². The quantitative estimate of drug-likeness (QED) is 0.764. The van der Waals surface area contributed by atoms with Crippen molar-refractivity contribution in [1.29, 1.82) is 0 Å². The molecule has 2 unspecified atom stereocenters. The summed E-state index contributed by atoms with van der Waals surface area (Å²) in [5.74, 6) is -0.0515. The van der Waals surface area contributed by atoms with E-state index in [9.17, 15) is 13.2 Å². The number of ketones is 1. The van der Waals surface area contributed by atoms with E-state index in [1.165, 1.54) is 6.07 Å². The lowest BCUT2D eigenvalue weighted by molar-refractivity contribution is 0.103. The molecule has 3 rings (SSSR count). The molecule has 1 aliphatic rings. The zero-order valence-corrected chi connectivity index (χ0v) is 16.1. The molecule has 0 aromatic heterocycles. The smallest absolute Gasteiger partial charge is 0.241 e. The van der Waals surface area contributed by atoms with Gasteiger partial charge in [0.1, 0.15) is 0 Å². The molecule has 2 aromatic rings. The zero-order valence-electron chi connectivity index (χ0n) is 14.5. The molecule has 2 atom stereocenters. The van der Waals surface area contributed by atoms with Crippen molar-refractivity contribution in [3.05, 3.63) is 65.7 Å². The third-order valence-corrected chi connectivity index (χ3v) is 6.14. The highest BCUT2D eigenvalue weighted by molar-refractivity contribution is 7.89. The zero-order chi connectivity index (χ0) is 17.9. The molecule has 2 aromatic carbocycles. The average Bonchev–Trinajstić information content (AvgIpc) is 2.64. The highest BCUT2D eigenvalue weighted by Gasteiger charge is 2.29. The molecule has 26 heavy (non-hydrogen) atoms. The number of halogens is 1. The Morgan fingerprint density at radius 1 is 1.08 bits per heavy atom. The fourth-order valence-electron chi connectivity index (χ4n) is 3.04. The van der Waals surface area contributed by atoms with Crippen LogP contribution in [0.4, 0.5) is 0 Å². The van der Waals surface area contributed by atoms with Gasteiger partial charge in [0.05, 0.1) is 4.90 Å². The van der Waals surface area contributed by atoms with E-state index in [2.05, 4.69) is 10.0 Å². The van der Waals surface area contributed by atoms with Crippen molar-refractivity contribution in [3.8, 4) is 0 Å². The van der Waals surface area contributed by atoms with E-state index >= 15 is 0 Å². The minimum atomic E-state index is -3.79. The second-order valence-corrected chi connectivity index (χ2v) is 8.07. The van der Waals surface area contributed by atoms with Crippen molar-refractivity contribution in [3.63, 3.8) is 0 Å². The monoisotopic (exact) mass is 394 g/mol. The fraction of sp³-hybridized carbons (Fsp3) is 0.316. The van der Waals surface area contributed by atoms with Crippen LogP contribution in [0.3, 0.4) is 0 Å². The molecule has 7 heteroatoms. The molecule has 1 aliphatic heterocycles. The van der Waals surface area contributed by atoms with Crippen LogP contribution in [0.25, 0.3) is 0 Å². The van der Waals surface area contributed by atoms with E-state index in [1.807, 2.05) is 13.0 Å². The van der Waals surface area contributed by atoms with Crippen LogP contribution >= 0.6 is 12.4 Å². The van der Waals surface area contributed by atoms with Gasteiger partial charge in [-0.3, -0.25) is 4.79 Å². The van der Waals surface area contributed by atoms with Crippen LogP contribution in [-0.4, -0.2) is 33.3 Å². The lowest BCUT2D eigenvalue weighted by Gasteiger charge is -2.30. The molecule has 0 radical (unpaired) electrons. The van der Waals surface area contributed by atoms with Gasteiger partial charge in [-0.1, -0.05) is 49.4 Å². The van der Waals surface area contributed by atoms with Gasteiger partial charge in [-0.25, -0.2) is 13.1 Å². The Balaban J connectivity index is 0.00000243. The largest absolute Gasteiger partial charge is 0.315 e.